The molecule has 0 aliphatic carbocycles. The molecule has 0 aromatic rings. The lowest BCUT2D eigenvalue weighted by atomic mass is 9.94. The summed E-state index contributed by atoms with van der Waals surface area (Å²) in [4.78, 5) is 23.3. The number of carbonyl (C=O) groups excluding carboxylic acids is 2. The van der Waals surface area contributed by atoms with Gasteiger partial charge in [0.15, 0.2) is 0 Å². The van der Waals surface area contributed by atoms with Crippen LogP contribution < -0.4 is 0 Å². The summed E-state index contributed by atoms with van der Waals surface area (Å²) in [5.74, 6) is -0.500. The molecule has 5 nitrogen and oxygen atoms in total. The molecule has 0 aromatic carbocycles. The molecule has 5 heteroatoms. The molecule has 1 aliphatic heterocycles. The van der Waals surface area contributed by atoms with E-state index in [0.29, 0.717) is 13.2 Å². The van der Waals surface area contributed by atoms with Gasteiger partial charge in [-0.15, -0.1) is 0 Å². The molecular weight excluding hydrogens is 260 g/mol. The first-order chi connectivity index (χ1) is 9.58. The third-order valence-electron chi connectivity index (χ3n) is 3.58. The van der Waals surface area contributed by atoms with Crippen molar-refractivity contribution in [3.8, 4) is 0 Å². The molecular formula is C15H26O5. The second kappa shape index (κ2) is 8.95. The molecule has 116 valence electrons. The van der Waals surface area contributed by atoms with Crippen molar-refractivity contribution in [2.45, 2.75) is 52.1 Å². The molecule has 1 rings (SSSR count). The van der Waals surface area contributed by atoms with Crippen molar-refractivity contribution in [3.63, 3.8) is 0 Å². The topological polar surface area (TPSA) is 65.1 Å². The van der Waals surface area contributed by atoms with Crippen molar-refractivity contribution in [2.24, 2.45) is 11.8 Å². The number of epoxide rings is 1. The molecule has 1 fully saturated rings. The second-order valence-electron chi connectivity index (χ2n) is 5.43. The minimum atomic E-state index is -0.175. The Labute approximate surface area is 121 Å². The first kappa shape index (κ1) is 17.0. The Kier molecular flexibility index (Phi) is 7.59. The number of hydrogen-bond donors (Lipinski definition) is 0. The first-order valence-corrected chi connectivity index (χ1v) is 7.44. The Morgan fingerprint density at radius 3 is 2.50 bits per heavy atom. The van der Waals surface area contributed by atoms with E-state index in [1.165, 1.54) is 7.11 Å². The Hall–Kier alpha value is -1.10. The Morgan fingerprint density at radius 1 is 1.25 bits per heavy atom. The lowest BCUT2D eigenvalue weighted by molar-refractivity contribution is -0.148. The fourth-order valence-corrected chi connectivity index (χ4v) is 2.17. The number of hydrogen-bond acceptors (Lipinski definition) is 5. The van der Waals surface area contributed by atoms with Crippen molar-refractivity contribution in [3.05, 3.63) is 0 Å². The number of rotatable bonds is 10. The predicted molar refractivity (Wildman–Crippen MR) is 74.1 cm³/mol. The van der Waals surface area contributed by atoms with E-state index in [1.807, 2.05) is 6.92 Å². The molecule has 1 saturated heterocycles. The van der Waals surface area contributed by atoms with Gasteiger partial charge in [-0.2, -0.15) is 0 Å². The monoisotopic (exact) mass is 286 g/mol. The van der Waals surface area contributed by atoms with Crippen molar-refractivity contribution in [1.82, 2.24) is 0 Å². The van der Waals surface area contributed by atoms with Crippen molar-refractivity contribution in [2.75, 3.05) is 20.3 Å². The van der Waals surface area contributed by atoms with Gasteiger partial charge in [0.2, 0.25) is 0 Å². The summed E-state index contributed by atoms with van der Waals surface area (Å²) in [6.45, 7) is 4.97. The molecule has 3 atom stereocenters. The summed E-state index contributed by atoms with van der Waals surface area (Å²) in [6.07, 6.45) is 4.24. The maximum absolute atomic E-state index is 11.7. The molecule has 0 N–H and O–H groups in total. The van der Waals surface area contributed by atoms with Gasteiger partial charge in [-0.25, -0.2) is 0 Å². The van der Waals surface area contributed by atoms with E-state index in [0.717, 1.165) is 32.1 Å². The van der Waals surface area contributed by atoms with E-state index in [9.17, 15) is 9.59 Å². The van der Waals surface area contributed by atoms with Crippen LogP contribution in [0.1, 0.15) is 46.0 Å². The van der Waals surface area contributed by atoms with Crippen molar-refractivity contribution < 1.29 is 23.8 Å². The van der Waals surface area contributed by atoms with Crippen LogP contribution in [0.15, 0.2) is 0 Å². The second-order valence-corrected chi connectivity index (χ2v) is 5.43. The van der Waals surface area contributed by atoms with Crippen LogP contribution in [-0.4, -0.2) is 38.4 Å². The largest absolute Gasteiger partial charge is 0.469 e. The summed E-state index contributed by atoms with van der Waals surface area (Å²) in [6, 6.07) is 0. The van der Waals surface area contributed by atoms with Crippen LogP contribution >= 0.6 is 0 Å². The molecule has 0 radical (unpaired) electrons. The van der Waals surface area contributed by atoms with Gasteiger partial charge in [0, 0.05) is 0 Å². The Balaban J connectivity index is 2.18. The fraction of sp³-hybridized carbons (Fsp3) is 0.867. The van der Waals surface area contributed by atoms with Crippen LogP contribution in [0.5, 0.6) is 0 Å². The molecule has 0 spiro atoms. The van der Waals surface area contributed by atoms with Gasteiger partial charge in [0.25, 0.3) is 0 Å². The van der Waals surface area contributed by atoms with Crippen molar-refractivity contribution >= 4 is 11.9 Å². The van der Waals surface area contributed by atoms with E-state index in [-0.39, 0.29) is 29.9 Å². The normalized spacial score (nSPS) is 20.1. The standard InChI is InChI=1S/C15H26O5/c1-4-6-12(15(17)18-3)8-5-7-11(2)14(16)20-10-13-9-19-13/h11-13H,4-10H2,1-3H3. The van der Waals surface area contributed by atoms with Crippen LogP contribution in [-0.2, 0) is 23.8 Å². The smallest absolute Gasteiger partial charge is 0.308 e. The Bertz CT molecular complexity index is 311. The number of ether oxygens (including phenoxy) is 3. The SMILES string of the molecule is CCCC(CCCC(C)C(=O)OCC1CO1)C(=O)OC. The average Bonchev–Trinajstić information content (AvgIpc) is 3.26. The van der Waals surface area contributed by atoms with Crippen LogP contribution in [0.3, 0.4) is 0 Å². The molecule has 0 aromatic heterocycles. The Morgan fingerprint density at radius 2 is 1.95 bits per heavy atom. The highest BCUT2D eigenvalue weighted by Gasteiger charge is 2.26. The predicted octanol–water partition coefficient (Wildman–Crippen LogP) is 2.32. The summed E-state index contributed by atoms with van der Waals surface area (Å²) in [5, 5.41) is 0. The van der Waals surface area contributed by atoms with Gasteiger partial charge >= 0.3 is 11.9 Å². The van der Waals surface area contributed by atoms with Gasteiger partial charge < -0.3 is 14.2 Å². The van der Waals surface area contributed by atoms with Gasteiger partial charge in [-0.3, -0.25) is 9.59 Å². The van der Waals surface area contributed by atoms with E-state index in [4.69, 9.17) is 14.2 Å². The third-order valence-corrected chi connectivity index (χ3v) is 3.58. The number of carbonyl (C=O) groups is 2. The molecule has 1 heterocycles. The minimum absolute atomic E-state index is 0.0481. The highest BCUT2D eigenvalue weighted by Crippen LogP contribution is 2.19. The van der Waals surface area contributed by atoms with Gasteiger partial charge in [0.1, 0.15) is 12.7 Å². The highest BCUT2D eigenvalue weighted by molar-refractivity contribution is 5.72. The van der Waals surface area contributed by atoms with Gasteiger partial charge in [-0.05, 0) is 19.3 Å². The zero-order chi connectivity index (χ0) is 15.0. The summed E-state index contributed by atoms with van der Waals surface area (Å²) in [7, 11) is 1.42. The fourth-order valence-electron chi connectivity index (χ4n) is 2.17. The summed E-state index contributed by atoms with van der Waals surface area (Å²) in [5.41, 5.74) is 0. The van der Waals surface area contributed by atoms with E-state index < -0.39 is 0 Å². The van der Waals surface area contributed by atoms with Gasteiger partial charge in [0.05, 0.1) is 25.6 Å². The van der Waals surface area contributed by atoms with Crippen molar-refractivity contribution in [1.29, 1.82) is 0 Å². The molecule has 0 amide bonds. The number of methoxy groups -OCH3 is 1. The van der Waals surface area contributed by atoms with Crippen LogP contribution in [0.2, 0.25) is 0 Å². The summed E-state index contributed by atoms with van der Waals surface area (Å²) >= 11 is 0. The molecule has 1 aliphatic rings. The average molecular weight is 286 g/mol. The lowest BCUT2D eigenvalue weighted by Crippen LogP contribution is -2.19. The molecule has 0 bridgehead atoms. The van der Waals surface area contributed by atoms with Crippen LogP contribution in [0.4, 0.5) is 0 Å². The zero-order valence-corrected chi connectivity index (χ0v) is 12.7. The maximum atomic E-state index is 11.7. The lowest BCUT2D eigenvalue weighted by Gasteiger charge is -2.15. The number of esters is 2. The van der Waals surface area contributed by atoms with E-state index >= 15 is 0 Å². The zero-order valence-electron chi connectivity index (χ0n) is 12.7. The molecule has 0 saturated carbocycles. The first-order valence-electron chi connectivity index (χ1n) is 7.44. The van der Waals surface area contributed by atoms with E-state index in [2.05, 4.69) is 6.92 Å². The molecule has 3 unspecified atom stereocenters. The van der Waals surface area contributed by atoms with Crippen LogP contribution in [0, 0.1) is 11.8 Å². The summed E-state index contributed by atoms with van der Waals surface area (Å²) < 4.78 is 14.9. The quantitative estimate of drug-likeness (QED) is 0.455. The third kappa shape index (κ3) is 6.37. The maximum Gasteiger partial charge on any atom is 0.308 e. The highest BCUT2D eigenvalue weighted by atomic mass is 16.6. The minimum Gasteiger partial charge on any atom is -0.469 e. The van der Waals surface area contributed by atoms with Crippen LogP contribution in [0.25, 0.3) is 0 Å². The molecule has 20 heavy (non-hydrogen) atoms. The van der Waals surface area contributed by atoms with E-state index in [1.54, 1.807) is 0 Å². The van der Waals surface area contributed by atoms with Gasteiger partial charge in [-0.1, -0.05) is 26.7 Å².